The highest BCUT2D eigenvalue weighted by Crippen LogP contribution is 2.51. The van der Waals surface area contributed by atoms with E-state index in [1.54, 1.807) is 7.11 Å². The van der Waals surface area contributed by atoms with Crippen LogP contribution in [-0.4, -0.2) is 18.8 Å². The van der Waals surface area contributed by atoms with Gasteiger partial charge in [-0.15, -0.1) is 0 Å². The Morgan fingerprint density at radius 1 is 1.53 bits per heavy atom. The van der Waals surface area contributed by atoms with Gasteiger partial charge in [0.15, 0.2) is 11.5 Å². The van der Waals surface area contributed by atoms with E-state index in [2.05, 4.69) is 0 Å². The summed E-state index contributed by atoms with van der Waals surface area (Å²) >= 11 is 6.14. The van der Waals surface area contributed by atoms with Gasteiger partial charge >= 0.3 is 0 Å². The Balaban J connectivity index is 2.65. The molecule has 0 atom stereocenters. The summed E-state index contributed by atoms with van der Waals surface area (Å²) in [5.41, 5.74) is 7.79. The number of methoxy groups -OCH3 is 1. The lowest BCUT2D eigenvalue weighted by Gasteiger charge is -2.43. The van der Waals surface area contributed by atoms with Gasteiger partial charge in [-0.05, 0) is 25.3 Å². The minimum Gasteiger partial charge on any atom is -0.504 e. The standard InChI is InChI=1S/C13H18ClNO2/c1-8-9(14)6-10(16)12(17-2)11(8)13(7-15)4-3-5-13/h6,16H,3-5,7,15H2,1-2H3. The number of ether oxygens (including phenoxy) is 1. The molecule has 1 fully saturated rings. The average Bonchev–Trinajstić information content (AvgIpc) is 2.24. The quantitative estimate of drug-likeness (QED) is 0.873. The molecular formula is C13H18ClNO2. The number of rotatable bonds is 3. The van der Waals surface area contributed by atoms with Crippen molar-refractivity contribution in [1.82, 2.24) is 0 Å². The highest BCUT2D eigenvalue weighted by molar-refractivity contribution is 6.31. The van der Waals surface area contributed by atoms with E-state index in [-0.39, 0.29) is 11.2 Å². The van der Waals surface area contributed by atoms with E-state index in [9.17, 15) is 5.11 Å². The van der Waals surface area contributed by atoms with Crippen LogP contribution in [-0.2, 0) is 5.41 Å². The minimum atomic E-state index is -0.0716. The minimum absolute atomic E-state index is 0.0716. The Morgan fingerprint density at radius 3 is 2.59 bits per heavy atom. The Labute approximate surface area is 107 Å². The van der Waals surface area contributed by atoms with Crippen molar-refractivity contribution in [2.75, 3.05) is 13.7 Å². The molecule has 0 radical (unpaired) electrons. The van der Waals surface area contributed by atoms with Gasteiger partial charge in [-0.3, -0.25) is 0 Å². The molecule has 3 nitrogen and oxygen atoms in total. The predicted molar refractivity (Wildman–Crippen MR) is 69.0 cm³/mol. The molecule has 94 valence electrons. The molecule has 0 unspecified atom stereocenters. The number of hydrogen-bond donors (Lipinski definition) is 2. The van der Waals surface area contributed by atoms with Gasteiger partial charge in [-0.1, -0.05) is 18.0 Å². The molecule has 17 heavy (non-hydrogen) atoms. The molecular weight excluding hydrogens is 238 g/mol. The molecule has 1 aliphatic rings. The second-order valence-electron chi connectivity index (χ2n) is 4.75. The van der Waals surface area contributed by atoms with Crippen LogP contribution in [0.3, 0.4) is 0 Å². The molecule has 0 bridgehead atoms. The number of aromatic hydroxyl groups is 1. The number of phenols is 1. The lowest BCUT2D eigenvalue weighted by Crippen LogP contribution is -2.42. The van der Waals surface area contributed by atoms with Gasteiger partial charge in [0.25, 0.3) is 0 Å². The fraction of sp³-hybridized carbons (Fsp3) is 0.538. The van der Waals surface area contributed by atoms with Crippen LogP contribution in [0.5, 0.6) is 11.5 Å². The largest absolute Gasteiger partial charge is 0.504 e. The van der Waals surface area contributed by atoms with Crippen molar-refractivity contribution >= 4 is 11.6 Å². The Morgan fingerprint density at radius 2 is 2.18 bits per heavy atom. The Kier molecular flexibility index (Phi) is 3.23. The SMILES string of the molecule is COc1c(O)cc(Cl)c(C)c1C1(CN)CCC1. The number of benzene rings is 1. The first kappa shape index (κ1) is 12.5. The van der Waals surface area contributed by atoms with Gasteiger partial charge in [-0.2, -0.15) is 0 Å². The molecule has 0 spiro atoms. The van der Waals surface area contributed by atoms with Crippen LogP contribution in [0.1, 0.15) is 30.4 Å². The third kappa shape index (κ3) is 1.78. The van der Waals surface area contributed by atoms with Gasteiger partial charge in [0.2, 0.25) is 0 Å². The first-order chi connectivity index (χ1) is 8.05. The zero-order valence-electron chi connectivity index (χ0n) is 10.2. The third-order valence-electron chi connectivity index (χ3n) is 3.89. The monoisotopic (exact) mass is 255 g/mol. The smallest absolute Gasteiger partial charge is 0.164 e. The number of phenolic OH excluding ortho intramolecular Hbond substituents is 1. The molecule has 0 saturated heterocycles. The molecule has 1 aliphatic carbocycles. The molecule has 0 aromatic heterocycles. The summed E-state index contributed by atoms with van der Waals surface area (Å²) in [6, 6.07) is 1.53. The van der Waals surface area contributed by atoms with Gasteiger partial charge < -0.3 is 15.6 Å². The summed E-state index contributed by atoms with van der Waals surface area (Å²) in [5, 5.41) is 10.5. The summed E-state index contributed by atoms with van der Waals surface area (Å²) < 4.78 is 5.33. The maximum atomic E-state index is 9.92. The van der Waals surface area contributed by atoms with Crippen molar-refractivity contribution in [3.63, 3.8) is 0 Å². The predicted octanol–water partition coefficient (Wildman–Crippen LogP) is 2.74. The first-order valence-electron chi connectivity index (χ1n) is 5.82. The molecule has 0 aliphatic heterocycles. The van der Waals surface area contributed by atoms with Crippen LogP contribution >= 0.6 is 11.6 Å². The lowest BCUT2D eigenvalue weighted by molar-refractivity contribution is 0.239. The van der Waals surface area contributed by atoms with E-state index in [1.165, 1.54) is 6.07 Å². The van der Waals surface area contributed by atoms with Gasteiger partial charge in [0.05, 0.1) is 7.11 Å². The van der Waals surface area contributed by atoms with Crippen LogP contribution in [0.4, 0.5) is 0 Å². The topological polar surface area (TPSA) is 55.5 Å². The summed E-state index contributed by atoms with van der Waals surface area (Å²) in [5.74, 6) is 0.620. The van der Waals surface area contributed by atoms with Crippen molar-refractivity contribution in [2.24, 2.45) is 5.73 Å². The Bertz CT molecular complexity index is 436. The fourth-order valence-electron chi connectivity index (χ4n) is 2.72. The Hall–Kier alpha value is -0.930. The zero-order valence-corrected chi connectivity index (χ0v) is 11.0. The average molecular weight is 256 g/mol. The summed E-state index contributed by atoms with van der Waals surface area (Å²) in [6.45, 7) is 2.51. The molecule has 0 amide bonds. The van der Waals surface area contributed by atoms with Crippen LogP contribution in [0.2, 0.25) is 5.02 Å². The van der Waals surface area contributed by atoms with E-state index >= 15 is 0 Å². The summed E-state index contributed by atoms with van der Waals surface area (Å²) in [4.78, 5) is 0. The molecule has 0 heterocycles. The van der Waals surface area contributed by atoms with Gasteiger partial charge in [0, 0.05) is 28.6 Å². The zero-order chi connectivity index (χ0) is 12.6. The summed E-state index contributed by atoms with van der Waals surface area (Å²) in [7, 11) is 1.56. The molecule has 3 N–H and O–H groups in total. The molecule has 1 aromatic carbocycles. The molecule has 1 aromatic rings. The van der Waals surface area contributed by atoms with Crippen molar-refractivity contribution < 1.29 is 9.84 Å². The van der Waals surface area contributed by atoms with E-state index < -0.39 is 0 Å². The number of hydrogen-bond acceptors (Lipinski definition) is 3. The highest BCUT2D eigenvalue weighted by Gasteiger charge is 2.41. The molecule has 1 saturated carbocycles. The van der Waals surface area contributed by atoms with Crippen molar-refractivity contribution in [3.05, 3.63) is 22.2 Å². The van der Waals surface area contributed by atoms with Crippen molar-refractivity contribution in [2.45, 2.75) is 31.6 Å². The molecule has 4 heteroatoms. The first-order valence-corrected chi connectivity index (χ1v) is 6.20. The number of nitrogens with two attached hydrogens (primary N) is 1. The van der Waals surface area contributed by atoms with Crippen molar-refractivity contribution in [3.8, 4) is 11.5 Å². The molecule has 2 rings (SSSR count). The summed E-state index contributed by atoms with van der Waals surface area (Å²) in [6.07, 6.45) is 3.22. The lowest BCUT2D eigenvalue weighted by atomic mass is 9.63. The maximum Gasteiger partial charge on any atom is 0.164 e. The van der Waals surface area contributed by atoms with Gasteiger partial charge in [0.1, 0.15) is 0 Å². The second-order valence-corrected chi connectivity index (χ2v) is 5.16. The fourth-order valence-corrected chi connectivity index (χ4v) is 2.91. The van der Waals surface area contributed by atoms with Crippen LogP contribution in [0.15, 0.2) is 6.07 Å². The van der Waals surface area contributed by atoms with Crippen LogP contribution in [0, 0.1) is 6.92 Å². The van der Waals surface area contributed by atoms with E-state index in [0.717, 1.165) is 30.4 Å². The number of halogens is 1. The second kappa shape index (κ2) is 4.39. The van der Waals surface area contributed by atoms with E-state index in [1.807, 2.05) is 6.92 Å². The van der Waals surface area contributed by atoms with Crippen LogP contribution in [0.25, 0.3) is 0 Å². The normalized spacial score (nSPS) is 17.6. The highest BCUT2D eigenvalue weighted by atomic mass is 35.5. The van der Waals surface area contributed by atoms with Crippen LogP contribution < -0.4 is 10.5 Å². The van der Waals surface area contributed by atoms with E-state index in [4.69, 9.17) is 22.1 Å². The van der Waals surface area contributed by atoms with Gasteiger partial charge in [-0.25, -0.2) is 0 Å². The van der Waals surface area contributed by atoms with Crippen molar-refractivity contribution in [1.29, 1.82) is 0 Å². The maximum absolute atomic E-state index is 9.92. The third-order valence-corrected chi connectivity index (χ3v) is 4.28. The van der Waals surface area contributed by atoms with E-state index in [0.29, 0.717) is 17.3 Å².